The predicted octanol–water partition coefficient (Wildman–Crippen LogP) is 8.01. The number of halogens is 4. The van der Waals surface area contributed by atoms with Gasteiger partial charge in [-0.1, -0.05) is 70.5 Å². The van der Waals surface area contributed by atoms with Crippen LogP contribution < -0.4 is 10.6 Å². The van der Waals surface area contributed by atoms with Gasteiger partial charge in [-0.05, 0) is 46.6 Å². The normalized spacial score (nSPS) is 22.0. The molecule has 4 aliphatic rings. The minimum atomic E-state index is -3.17. The maximum absolute atomic E-state index is 15.0. The number of methoxy groups -OCH3 is 2. The number of aromatic nitrogens is 4. The number of imidazole rings is 2. The summed E-state index contributed by atoms with van der Waals surface area (Å²) in [4.78, 5) is 67.3. The summed E-state index contributed by atoms with van der Waals surface area (Å²) >= 11 is 0. The second kappa shape index (κ2) is 18.0. The Labute approximate surface area is 361 Å². The summed E-state index contributed by atoms with van der Waals surface area (Å²) in [7, 11) is 2.29. The van der Waals surface area contributed by atoms with Crippen molar-refractivity contribution in [3.8, 4) is 33.6 Å². The molecule has 4 unspecified atom stereocenters. The number of aromatic amines is 2. The standard InChI is InChI=1S/C41H44F4N8O7.C3H8/c1-20(2)34(51-39(57)59-4)37(55)53-19-41(44,45)14-28(53)36-47-16-26(50-36)24-10-9-23(32-29-11-12-30(60-29)33(24)32)21-5-7-22(8-6-21)25-15-46-35(49-25)27-13-40(42,43)18-52(27)31(54)17-48-38(56)58-3;1-3-2/h5-10,15-16,20,27-30,34H,11-14,17-19H2,1-4H3,(H,46,49)(H,47,50)(H,48,56)(H,51,57);3H2,1-2H3/t27?,28-,29?,30?,34?;/m0./s1. The van der Waals surface area contributed by atoms with E-state index in [2.05, 4.69) is 53.9 Å². The van der Waals surface area contributed by atoms with Crippen molar-refractivity contribution >= 4 is 24.0 Å². The Bertz CT molecular complexity index is 2330. The van der Waals surface area contributed by atoms with Gasteiger partial charge in [0.15, 0.2) is 0 Å². The number of rotatable bonds is 10. The molecule has 0 radical (unpaired) electrons. The van der Waals surface area contributed by atoms with Crippen LogP contribution in [0.2, 0.25) is 0 Å². The molecular weight excluding hydrogens is 829 g/mol. The minimum absolute atomic E-state index is 0.160. The lowest BCUT2D eigenvalue weighted by atomic mass is 9.82. The van der Waals surface area contributed by atoms with Crippen molar-refractivity contribution in [3.05, 3.63) is 71.6 Å². The van der Waals surface area contributed by atoms with E-state index in [1.54, 1.807) is 20.0 Å². The number of fused-ring (bicyclic) bond motifs is 5. The Morgan fingerprint density at radius 1 is 0.778 bits per heavy atom. The van der Waals surface area contributed by atoms with Crippen LogP contribution in [0, 0.1) is 5.92 Å². The van der Waals surface area contributed by atoms with Gasteiger partial charge >= 0.3 is 12.2 Å². The number of nitrogens with zero attached hydrogens (tertiary/aromatic N) is 4. The van der Waals surface area contributed by atoms with Gasteiger partial charge in [0.1, 0.15) is 24.2 Å². The van der Waals surface area contributed by atoms with Crippen LogP contribution in [0.5, 0.6) is 0 Å². The topological polar surface area (TPSA) is 184 Å². The van der Waals surface area contributed by atoms with E-state index in [1.165, 1.54) is 12.6 Å². The highest BCUT2D eigenvalue weighted by atomic mass is 19.3. The summed E-state index contributed by atoms with van der Waals surface area (Å²) in [5, 5.41) is 4.72. The van der Waals surface area contributed by atoms with Crippen LogP contribution in [-0.2, 0) is 23.8 Å². The number of carbonyl (C=O) groups excluding carboxylic acids is 4. The number of alkyl carbamates (subject to hydrolysis) is 2. The molecule has 8 rings (SSSR count). The molecule has 3 saturated heterocycles. The summed E-state index contributed by atoms with van der Waals surface area (Å²) in [6, 6.07) is 8.37. The number of ether oxygens (including phenoxy) is 3. The molecule has 3 fully saturated rings. The second-order valence-corrected chi connectivity index (χ2v) is 16.7. The van der Waals surface area contributed by atoms with Crippen LogP contribution in [0.4, 0.5) is 27.2 Å². The van der Waals surface area contributed by atoms with Crippen molar-refractivity contribution in [2.75, 3.05) is 33.9 Å². The Morgan fingerprint density at radius 3 is 1.87 bits per heavy atom. The van der Waals surface area contributed by atoms with E-state index in [9.17, 15) is 36.7 Å². The molecule has 4 aliphatic heterocycles. The smallest absolute Gasteiger partial charge is 0.407 e. The van der Waals surface area contributed by atoms with Crippen LogP contribution >= 0.6 is 0 Å². The maximum Gasteiger partial charge on any atom is 0.407 e. The highest BCUT2D eigenvalue weighted by Crippen LogP contribution is 2.56. The van der Waals surface area contributed by atoms with Gasteiger partial charge in [-0.25, -0.2) is 37.1 Å². The van der Waals surface area contributed by atoms with Gasteiger partial charge in [0, 0.05) is 18.4 Å². The third-order valence-electron chi connectivity index (χ3n) is 11.7. The zero-order chi connectivity index (χ0) is 45.4. The van der Waals surface area contributed by atoms with Gasteiger partial charge in [-0.3, -0.25) is 9.59 Å². The highest BCUT2D eigenvalue weighted by molar-refractivity contribution is 5.87. The summed E-state index contributed by atoms with van der Waals surface area (Å²) in [5.74, 6) is -7.68. The monoisotopic (exact) mass is 880 g/mol. The van der Waals surface area contributed by atoms with E-state index >= 15 is 0 Å². The van der Waals surface area contributed by atoms with Crippen LogP contribution in [-0.4, -0.2) is 105 Å². The van der Waals surface area contributed by atoms with Crippen LogP contribution in [0.25, 0.3) is 33.6 Å². The Kier molecular flexibility index (Phi) is 12.9. The molecule has 19 heteroatoms. The van der Waals surface area contributed by atoms with Gasteiger partial charge in [0.05, 0.1) is 75.4 Å². The molecular formula is C44H52F4N8O7. The molecule has 4 N–H and O–H groups in total. The first-order chi connectivity index (χ1) is 30.0. The van der Waals surface area contributed by atoms with Gasteiger partial charge in [0.2, 0.25) is 11.8 Å². The summed E-state index contributed by atoms with van der Waals surface area (Å²) in [6.45, 7) is 5.52. The molecule has 6 heterocycles. The van der Waals surface area contributed by atoms with Crippen molar-refractivity contribution in [3.63, 3.8) is 0 Å². The number of likely N-dealkylation sites (tertiary alicyclic amines) is 2. The Balaban J connectivity index is 0.00000193. The third kappa shape index (κ3) is 9.24. The fraction of sp³-hybridized carbons (Fsp3) is 0.500. The number of H-pyrrole nitrogens is 2. The second-order valence-electron chi connectivity index (χ2n) is 16.7. The number of carbonyl (C=O) groups is 4. The lowest BCUT2D eigenvalue weighted by Gasteiger charge is -2.29. The van der Waals surface area contributed by atoms with Crippen molar-refractivity contribution in [1.82, 2.24) is 40.4 Å². The van der Waals surface area contributed by atoms with Crippen LogP contribution in [0.15, 0.2) is 48.8 Å². The zero-order valence-electron chi connectivity index (χ0n) is 35.9. The zero-order valence-corrected chi connectivity index (χ0v) is 35.9. The van der Waals surface area contributed by atoms with Crippen molar-refractivity contribution in [2.45, 2.75) is 102 Å². The lowest BCUT2D eigenvalue weighted by Crippen LogP contribution is -2.51. The van der Waals surface area contributed by atoms with Gasteiger partial charge in [0.25, 0.3) is 11.8 Å². The Hall–Kier alpha value is -5.98. The van der Waals surface area contributed by atoms with E-state index in [0.29, 0.717) is 11.4 Å². The number of hydrogen-bond acceptors (Lipinski definition) is 9. The molecule has 4 aromatic rings. The van der Waals surface area contributed by atoms with Gasteiger partial charge in [-0.2, -0.15) is 0 Å². The molecule has 338 valence electrons. The van der Waals surface area contributed by atoms with Crippen LogP contribution in [0.1, 0.15) is 107 Å². The number of amides is 4. The summed E-state index contributed by atoms with van der Waals surface area (Å²) in [6.07, 6.45) is 2.67. The summed E-state index contributed by atoms with van der Waals surface area (Å²) in [5.41, 5.74) is 6.53. The molecule has 2 bridgehead atoms. The van der Waals surface area contributed by atoms with E-state index in [4.69, 9.17) is 4.74 Å². The van der Waals surface area contributed by atoms with Crippen LogP contribution in [0.3, 0.4) is 0 Å². The largest absolute Gasteiger partial charge is 0.453 e. The van der Waals surface area contributed by atoms with Gasteiger partial charge < -0.3 is 44.6 Å². The quantitative estimate of drug-likeness (QED) is 0.115. The van der Waals surface area contributed by atoms with Crippen molar-refractivity contribution in [1.29, 1.82) is 0 Å². The molecule has 2 aromatic heterocycles. The molecule has 5 atom stereocenters. The first-order valence-electron chi connectivity index (χ1n) is 21.0. The Morgan fingerprint density at radius 2 is 1.29 bits per heavy atom. The van der Waals surface area contributed by atoms with Crippen molar-refractivity contribution in [2.24, 2.45) is 5.92 Å². The molecule has 63 heavy (non-hydrogen) atoms. The van der Waals surface area contributed by atoms with Crippen molar-refractivity contribution < 1.29 is 51.0 Å². The number of benzene rings is 2. The maximum atomic E-state index is 15.0. The first kappa shape index (κ1) is 45.1. The fourth-order valence-corrected chi connectivity index (χ4v) is 8.82. The highest BCUT2D eigenvalue weighted by Gasteiger charge is 2.51. The third-order valence-corrected chi connectivity index (χ3v) is 11.7. The SMILES string of the molecule is CCC.COC(=O)NCC(=O)N1CC(F)(F)CC1c1ncc(-c2ccc(-c3ccc(-c4cnc([C@@H]5CC(F)(F)CN5C(=O)C(NC(=O)OC)C(C)C)[nH]4)c4c3C3CCC4O3)cc2)[nH]1. The fourth-order valence-electron chi connectivity index (χ4n) is 8.82. The van der Waals surface area contributed by atoms with E-state index in [1.807, 2.05) is 36.4 Å². The minimum Gasteiger partial charge on any atom is -0.453 e. The molecule has 15 nitrogen and oxygen atoms in total. The molecule has 0 spiro atoms. The van der Waals surface area contributed by atoms with Gasteiger partial charge in [-0.15, -0.1) is 0 Å². The average Bonchev–Trinajstić information content (AvgIpc) is 4.13. The summed E-state index contributed by atoms with van der Waals surface area (Å²) < 4.78 is 74.7. The lowest BCUT2D eigenvalue weighted by molar-refractivity contribution is -0.136. The number of nitrogens with one attached hydrogen (secondary N) is 4. The molecule has 0 aliphatic carbocycles. The predicted molar refractivity (Wildman–Crippen MR) is 221 cm³/mol. The number of hydrogen-bond donors (Lipinski definition) is 4. The number of alkyl halides is 4. The first-order valence-corrected chi connectivity index (χ1v) is 21.0. The van der Waals surface area contributed by atoms with E-state index in [-0.39, 0.29) is 23.9 Å². The molecule has 4 amide bonds. The van der Waals surface area contributed by atoms with E-state index in [0.717, 1.165) is 70.2 Å². The molecule has 2 aromatic carbocycles. The average molecular weight is 881 g/mol. The van der Waals surface area contributed by atoms with E-state index < -0.39 is 92.4 Å². The molecule has 0 saturated carbocycles.